The Labute approximate surface area is 98.4 Å². The Morgan fingerprint density at radius 2 is 2.00 bits per heavy atom. The van der Waals surface area contributed by atoms with Crippen molar-refractivity contribution in [3.05, 3.63) is 0 Å². The molecule has 0 aromatic rings. The fraction of sp³-hybridized carbons (Fsp3) is 0.917. The van der Waals surface area contributed by atoms with E-state index in [-0.39, 0.29) is 6.10 Å². The number of rotatable bonds is 8. The van der Waals surface area contributed by atoms with Crippen LogP contribution in [0.2, 0.25) is 0 Å². The van der Waals surface area contributed by atoms with Gasteiger partial charge in [-0.3, -0.25) is 4.79 Å². The van der Waals surface area contributed by atoms with Gasteiger partial charge < -0.3 is 15.2 Å². The van der Waals surface area contributed by atoms with Crippen molar-refractivity contribution in [2.75, 3.05) is 13.2 Å². The molecule has 0 fully saturated rings. The molecule has 0 saturated carbocycles. The van der Waals surface area contributed by atoms with Gasteiger partial charge in [0, 0.05) is 13.0 Å². The van der Waals surface area contributed by atoms with E-state index in [1.807, 2.05) is 13.8 Å². The Morgan fingerprint density at radius 3 is 2.38 bits per heavy atom. The van der Waals surface area contributed by atoms with Crippen molar-refractivity contribution in [1.82, 2.24) is 5.32 Å². The molecular formula is C12H25NO3. The summed E-state index contributed by atoms with van der Waals surface area (Å²) in [6.07, 6.45) is 0.422. The van der Waals surface area contributed by atoms with Gasteiger partial charge in [0.25, 0.3) is 0 Å². The lowest BCUT2D eigenvalue weighted by Gasteiger charge is -2.29. The minimum Gasteiger partial charge on any atom is -0.480 e. The molecule has 0 saturated heterocycles. The van der Waals surface area contributed by atoms with Crippen LogP contribution in [-0.2, 0) is 9.53 Å². The van der Waals surface area contributed by atoms with Crippen molar-refractivity contribution < 1.29 is 14.6 Å². The lowest BCUT2D eigenvalue weighted by molar-refractivity contribution is -0.146. The molecule has 96 valence electrons. The average Bonchev–Trinajstić information content (AvgIpc) is 2.14. The monoisotopic (exact) mass is 231 g/mol. The van der Waals surface area contributed by atoms with Crippen LogP contribution in [0.5, 0.6) is 0 Å². The maximum absolute atomic E-state index is 11.2. The van der Waals surface area contributed by atoms with E-state index < -0.39 is 11.5 Å². The van der Waals surface area contributed by atoms with E-state index in [0.717, 1.165) is 0 Å². The molecule has 0 aliphatic rings. The fourth-order valence-electron chi connectivity index (χ4n) is 1.62. The van der Waals surface area contributed by atoms with Crippen LogP contribution >= 0.6 is 0 Å². The predicted molar refractivity (Wildman–Crippen MR) is 64.6 cm³/mol. The quantitative estimate of drug-likeness (QED) is 0.670. The lowest BCUT2D eigenvalue weighted by Crippen LogP contribution is -2.51. The van der Waals surface area contributed by atoms with Crippen LogP contribution in [0.25, 0.3) is 0 Å². The van der Waals surface area contributed by atoms with Gasteiger partial charge in [0.05, 0.1) is 6.10 Å². The second-order valence-corrected chi connectivity index (χ2v) is 4.91. The fourth-order valence-corrected chi connectivity index (χ4v) is 1.62. The number of carboxylic acid groups (broad SMARTS) is 1. The second kappa shape index (κ2) is 6.86. The van der Waals surface area contributed by atoms with Gasteiger partial charge in [-0.2, -0.15) is 0 Å². The first-order chi connectivity index (χ1) is 7.31. The Hall–Kier alpha value is -0.610. The van der Waals surface area contributed by atoms with Crippen LogP contribution in [0.1, 0.15) is 41.0 Å². The smallest absolute Gasteiger partial charge is 0.323 e. The van der Waals surface area contributed by atoms with Crippen molar-refractivity contribution in [1.29, 1.82) is 0 Å². The molecule has 0 aliphatic carbocycles. The summed E-state index contributed by atoms with van der Waals surface area (Å²) in [4.78, 5) is 11.2. The van der Waals surface area contributed by atoms with Crippen LogP contribution in [0.15, 0.2) is 0 Å². The molecule has 0 spiro atoms. The van der Waals surface area contributed by atoms with Crippen LogP contribution in [-0.4, -0.2) is 35.9 Å². The highest BCUT2D eigenvalue weighted by Gasteiger charge is 2.33. The van der Waals surface area contributed by atoms with Gasteiger partial charge in [0.2, 0.25) is 0 Å². The van der Waals surface area contributed by atoms with Gasteiger partial charge in [-0.25, -0.2) is 0 Å². The third-order valence-corrected chi connectivity index (χ3v) is 2.45. The van der Waals surface area contributed by atoms with Crippen LogP contribution in [0.3, 0.4) is 0 Å². The number of carboxylic acids is 1. The Morgan fingerprint density at radius 1 is 1.44 bits per heavy atom. The van der Waals surface area contributed by atoms with Crippen molar-refractivity contribution in [2.24, 2.45) is 5.92 Å². The molecule has 2 N–H and O–H groups in total. The number of nitrogens with one attached hydrogen (secondary N) is 1. The molecule has 4 nitrogen and oxygen atoms in total. The van der Waals surface area contributed by atoms with E-state index in [4.69, 9.17) is 4.74 Å². The van der Waals surface area contributed by atoms with E-state index in [2.05, 4.69) is 19.2 Å². The minimum atomic E-state index is -0.898. The van der Waals surface area contributed by atoms with Crippen LogP contribution in [0.4, 0.5) is 0 Å². The summed E-state index contributed by atoms with van der Waals surface area (Å²) in [7, 11) is 0. The number of hydrogen-bond acceptors (Lipinski definition) is 3. The molecule has 0 amide bonds. The van der Waals surface area contributed by atoms with Crippen molar-refractivity contribution >= 4 is 5.97 Å². The average molecular weight is 231 g/mol. The maximum atomic E-state index is 11.2. The summed E-state index contributed by atoms with van der Waals surface area (Å²) < 4.78 is 5.59. The predicted octanol–water partition coefficient (Wildman–Crippen LogP) is 1.89. The highest BCUT2D eigenvalue weighted by Crippen LogP contribution is 2.15. The van der Waals surface area contributed by atoms with Gasteiger partial charge in [-0.1, -0.05) is 20.8 Å². The first-order valence-corrected chi connectivity index (χ1v) is 5.91. The number of likely N-dealkylation sites (N-methyl/N-ethyl adjacent to an activating group) is 1. The molecule has 0 radical (unpaired) electrons. The molecular weight excluding hydrogens is 206 g/mol. The van der Waals surface area contributed by atoms with Crippen LogP contribution < -0.4 is 5.32 Å². The zero-order valence-corrected chi connectivity index (χ0v) is 11.0. The van der Waals surface area contributed by atoms with Gasteiger partial charge in [0.1, 0.15) is 5.54 Å². The topological polar surface area (TPSA) is 58.6 Å². The Bertz CT molecular complexity index is 218. The maximum Gasteiger partial charge on any atom is 0.323 e. The summed E-state index contributed by atoms with van der Waals surface area (Å²) in [5, 5.41) is 12.2. The third kappa shape index (κ3) is 5.47. The molecule has 0 aromatic carbocycles. The van der Waals surface area contributed by atoms with E-state index >= 15 is 0 Å². The van der Waals surface area contributed by atoms with Crippen molar-refractivity contribution in [3.63, 3.8) is 0 Å². The van der Waals surface area contributed by atoms with Gasteiger partial charge in [-0.15, -0.1) is 0 Å². The number of ether oxygens (including phenoxy) is 1. The SMILES string of the molecule is CCNC(C)(CC(C)OCC(C)C)C(=O)O. The molecule has 0 heterocycles. The van der Waals surface area contributed by atoms with Crippen LogP contribution in [0, 0.1) is 5.92 Å². The zero-order valence-electron chi connectivity index (χ0n) is 11.0. The van der Waals surface area contributed by atoms with E-state index in [9.17, 15) is 9.90 Å². The molecule has 16 heavy (non-hydrogen) atoms. The molecule has 0 bridgehead atoms. The number of aliphatic carboxylic acids is 1. The summed E-state index contributed by atoms with van der Waals surface area (Å²) in [6, 6.07) is 0. The van der Waals surface area contributed by atoms with Gasteiger partial charge >= 0.3 is 5.97 Å². The number of hydrogen-bond donors (Lipinski definition) is 2. The van der Waals surface area contributed by atoms with Crippen molar-refractivity contribution in [2.45, 2.75) is 52.7 Å². The highest BCUT2D eigenvalue weighted by molar-refractivity contribution is 5.78. The number of carbonyl (C=O) groups is 1. The molecule has 0 aliphatic heterocycles. The third-order valence-electron chi connectivity index (χ3n) is 2.45. The normalized spacial score (nSPS) is 17.1. The molecule has 4 heteroatoms. The highest BCUT2D eigenvalue weighted by atomic mass is 16.5. The lowest BCUT2D eigenvalue weighted by atomic mass is 9.95. The first kappa shape index (κ1) is 15.4. The molecule has 2 atom stereocenters. The Balaban J connectivity index is 4.23. The zero-order chi connectivity index (χ0) is 12.8. The summed E-state index contributed by atoms with van der Waals surface area (Å²) >= 11 is 0. The molecule has 0 aromatic heterocycles. The van der Waals surface area contributed by atoms with Gasteiger partial charge in [-0.05, 0) is 26.3 Å². The summed E-state index contributed by atoms with van der Waals surface area (Å²) in [6.45, 7) is 11.0. The van der Waals surface area contributed by atoms with Crippen molar-refractivity contribution in [3.8, 4) is 0 Å². The van der Waals surface area contributed by atoms with E-state index in [1.165, 1.54) is 0 Å². The standard InChI is InChI=1S/C12H25NO3/c1-6-13-12(5,11(14)15)7-10(4)16-8-9(2)3/h9-10,13H,6-8H2,1-5H3,(H,14,15). The summed E-state index contributed by atoms with van der Waals surface area (Å²) in [5.41, 5.74) is -0.898. The summed E-state index contributed by atoms with van der Waals surface area (Å²) in [5.74, 6) is -0.355. The van der Waals surface area contributed by atoms with E-state index in [1.54, 1.807) is 6.92 Å². The van der Waals surface area contributed by atoms with E-state index in [0.29, 0.717) is 25.5 Å². The molecule has 2 unspecified atom stereocenters. The minimum absolute atomic E-state index is 0.0532. The Kier molecular flexibility index (Phi) is 6.60. The largest absolute Gasteiger partial charge is 0.480 e. The second-order valence-electron chi connectivity index (χ2n) is 4.91. The first-order valence-electron chi connectivity index (χ1n) is 5.91. The van der Waals surface area contributed by atoms with Gasteiger partial charge in [0.15, 0.2) is 0 Å². The molecule has 0 rings (SSSR count).